The molecular weight excluding hydrogens is 482 g/mol. The van der Waals surface area contributed by atoms with Gasteiger partial charge in [-0.05, 0) is 59.9 Å². The summed E-state index contributed by atoms with van der Waals surface area (Å²) in [7, 11) is 0. The first-order valence-corrected chi connectivity index (χ1v) is 12.5. The van der Waals surface area contributed by atoms with Gasteiger partial charge < -0.3 is 10.2 Å². The number of carbonyl (C=O) groups is 1. The normalized spacial score (nSPS) is 19.7. The predicted molar refractivity (Wildman–Crippen MR) is 135 cm³/mol. The molecule has 0 unspecified atom stereocenters. The van der Waals surface area contributed by atoms with Crippen LogP contribution >= 0.6 is 0 Å². The number of piperazine rings is 1. The molecular formula is C29H29F4N3O. The van der Waals surface area contributed by atoms with Gasteiger partial charge in [-0.3, -0.25) is 9.69 Å². The Kier molecular flexibility index (Phi) is 7.20. The van der Waals surface area contributed by atoms with Gasteiger partial charge in [0.1, 0.15) is 5.82 Å². The molecule has 3 aromatic carbocycles. The molecule has 37 heavy (non-hydrogen) atoms. The lowest BCUT2D eigenvalue weighted by Crippen LogP contribution is -2.61. The number of amides is 1. The molecule has 0 bridgehead atoms. The second kappa shape index (κ2) is 10.5. The molecule has 0 radical (unpaired) electrons. The Morgan fingerprint density at radius 1 is 0.946 bits per heavy atom. The maximum atomic E-state index is 13.4. The topological polar surface area (TPSA) is 35.6 Å². The van der Waals surface area contributed by atoms with E-state index in [1.165, 1.54) is 18.2 Å². The van der Waals surface area contributed by atoms with Crippen molar-refractivity contribution in [3.05, 3.63) is 101 Å². The lowest BCUT2D eigenvalue weighted by atomic mass is 9.82. The molecule has 2 heterocycles. The van der Waals surface area contributed by atoms with Crippen LogP contribution in [0.4, 0.5) is 23.2 Å². The second-order valence-corrected chi connectivity index (χ2v) is 9.80. The van der Waals surface area contributed by atoms with Gasteiger partial charge in [0.05, 0.1) is 17.5 Å². The maximum absolute atomic E-state index is 13.4. The minimum absolute atomic E-state index is 0.141. The summed E-state index contributed by atoms with van der Waals surface area (Å²) in [6.45, 7) is 2.96. The number of anilines is 1. The average Bonchev–Trinajstić information content (AvgIpc) is 2.89. The smallest absolute Gasteiger partial charge is 0.365 e. The SMILES string of the molecule is O=C(NCCc1ccccc1)[C@H]1Cc2cc(C(F)(F)F)ccc2N2CCN(Cc3ccc(F)cc3)C[C@@H]12. The van der Waals surface area contributed by atoms with Crippen LogP contribution in [0.1, 0.15) is 22.3 Å². The van der Waals surface area contributed by atoms with Gasteiger partial charge in [-0.2, -0.15) is 13.2 Å². The fraction of sp³-hybridized carbons (Fsp3) is 0.345. The molecule has 0 saturated carbocycles. The van der Waals surface area contributed by atoms with Crippen LogP contribution in [0.3, 0.4) is 0 Å². The number of nitrogens with one attached hydrogen (secondary N) is 1. The summed E-state index contributed by atoms with van der Waals surface area (Å²) in [6.07, 6.45) is -3.51. The number of hydrogen-bond acceptors (Lipinski definition) is 3. The van der Waals surface area contributed by atoms with Crippen molar-refractivity contribution in [2.75, 3.05) is 31.1 Å². The van der Waals surface area contributed by atoms with Crippen molar-refractivity contribution in [1.29, 1.82) is 0 Å². The number of benzene rings is 3. The molecule has 1 amide bonds. The Labute approximate surface area is 213 Å². The van der Waals surface area contributed by atoms with E-state index in [1.54, 1.807) is 18.2 Å². The van der Waals surface area contributed by atoms with Crippen LogP contribution in [-0.2, 0) is 30.4 Å². The minimum Gasteiger partial charge on any atom is -0.365 e. The molecule has 2 aliphatic rings. The summed E-state index contributed by atoms with van der Waals surface area (Å²) in [4.78, 5) is 17.7. The number of nitrogens with zero attached hydrogens (tertiary/aromatic N) is 2. The van der Waals surface area contributed by atoms with Crippen molar-refractivity contribution in [2.24, 2.45) is 5.92 Å². The van der Waals surface area contributed by atoms with Crippen LogP contribution in [-0.4, -0.2) is 43.0 Å². The summed E-state index contributed by atoms with van der Waals surface area (Å²) in [5, 5.41) is 3.03. The van der Waals surface area contributed by atoms with Crippen LogP contribution in [0.2, 0.25) is 0 Å². The highest BCUT2D eigenvalue weighted by atomic mass is 19.4. The lowest BCUT2D eigenvalue weighted by molar-refractivity contribution is -0.137. The van der Waals surface area contributed by atoms with E-state index in [-0.39, 0.29) is 24.2 Å². The van der Waals surface area contributed by atoms with Crippen LogP contribution in [0, 0.1) is 11.7 Å². The van der Waals surface area contributed by atoms with Crippen LogP contribution < -0.4 is 10.2 Å². The van der Waals surface area contributed by atoms with Crippen molar-refractivity contribution >= 4 is 11.6 Å². The molecule has 0 aliphatic carbocycles. The summed E-state index contributed by atoms with van der Waals surface area (Å²) >= 11 is 0. The number of halogens is 4. The van der Waals surface area contributed by atoms with Gasteiger partial charge >= 0.3 is 6.18 Å². The Balaban J connectivity index is 1.36. The third-order valence-electron chi connectivity index (χ3n) is 7.34. The molecule has 4 nitrogen and oxygen atoms in total. The standard InChI is InChI=1S/C29H29F4N3O/c30-24-9-6-21(7-10-24)18-35-14-15-36-26-11-8-23(29(31,32)33)16-22(26)17-25(27(36)19-35)28(37)34-13-12-20-4-2-1-3-5-20/h1-11,16,25,27H,12-15,17-19H2,(H,34,37)/t25-,27-/m0/s1. The Hall–Kier alpha value is -3.39. The maximum Gasteiger partial charge on any atom is 0.416 e. The number of hydrogen-bond donors (Lipinski definition) is 1. The van der Waals surface area contributed by atoms with E-state index in [0.717, 1.165) is 22.9 Å². The molecule has 5 rings (SSSR count). The molecule has 1 saturated heterocycles. The first kappa shape index (κ1) is 25.3. The highest BCUT2D eigenvalue weighted by Crippen LogP contribution is 2.40. The van der Waals surface area contributed by atoms with Crippen molar-refractivity contribution in [1.82, 2.24) is 10.2 Å². The minimum atomic E-state index is -4.44. The molecule has 1 fully saturated rings. The molecule has 1 N–H and O–H groups in total. The number of carbonyl (C=O) groups excluding carboxylic acids is 1. The van der Waals surface area contributed by atoms with E-state index in [1.807, 2.05) is 30.3 Å². The largest absolute Gasteiger partial charge is 0.416 e. The summed E-state index contributed by atoms with van der Waals surface area (Å²) in [5.41, 5.74) is 2.72. The van der Waals surface area contributed by atoms with Gasteiger partial charge in [0.25, 0.3) is 0 Å². The zero-order valence-electron chi connectivity index (χ0n) is 20.3. The van der Waals surface area contributed by atoms with Gasteiger partial charge in [-0.25, -0.2) is 4.39 Å². The molecule has 2 aliphatic heterocycles. The fourth-order valence-corrected chi connectivity index (χ4v) is 5.46. The monoisotopic (exact) mass is 511 g/mol. The van der Waals surface area contributed by atoms with Gasteiger partial charge in [0, 0.05) is 38.4 Å². The van der Waals surface area contributed by atoms with E-state index in [9.17, 15) is 22.4 Å². The third kappa shape index (κ3) is 5.80. The summed E-state index contributed by atoms with van der Waals surface area (Å²) in [5.74, 6) is -0.914. The first-order valence-electron chi connectivity index (χ1n) is 12.5. The van der Waals surface area contributed by atoms with Gasteiger partial charge in [-0.15, -0.1) is 0 Å². The average molecular weight is 512 g/mol. The second-order valence-electron chi connectivity index (χ2n) is 9.80. The molecule has 0 aromatic heterocycles. The Morgan fingerprint density at radius 2 is 1.70 bits per heavy atom. The van der Waals surface area contributed by atoms with Gasteiger partial charge in [0.15, 0.2) is 0 Å². The molecule has 0 spiro atoms. The molecule has 3 aromatic rings. The van der Waals surface area contributed by atoms with E-state index >= 15 is 0 Å². The zero-order chi connectivity index (χ0) is 26.0. The fourth-order valence-electron chi connectivity index (χ4n) is 5.46. The van der Waals surface area contributed by atoms with E-state index in [0.29, 0.717) is 44.7 Å². The van der Waals surface area contributed by atoms with Gasteiger partial charge in [-0.1, -0.05) is 42.5 Å². The van der Waals surface area contributed by atoms with Crippen molar-refractivity contribution in [3.63, 3.8) is 0 Å². The van der Waals surface area contributed by atoms with E-state index in [4.69, 9.17) is 0 Å². The van der Waals surface area contributed by atoms with Crippen molar-refractivity contribution < 1.29 is 22.4 Å². The quantitative estimate of drug-likeness (QED) is 0.470. The molecule has 194 valence electrons. The Morgan fingerprint density at radius 3 is 2.43 bits per heavy atom. The van der Waals surface area contributed by atoms with Crippen molar-refractivity contribution in [2.45, 2.75) is 31.6 Å². The number of rotatable bonds is 6. The molecule has 2 atom stereocenters. The third-order valence-corrected chi connectivity index (χ3v) is 7.34. The molecule has 8 heteroatoms. The predicted octanol–water partition coefficient (Wildman–Crippen LogP) is 5.07. The summed E-state index contributed by atoms with van der Waals surface area (Å²) in [6, 6.07) is 19.9. The van der Waals surface area contributed by atoms with Crippen LogP contribution in [0.5, 0.6) is 0 Å². The van der Waals surface area contributed by atoms with E-state index < -0.39 is 17.7 Å². The van der Waals surface area contributed by atoms with Gasteiger partial charge in [0.2, 0.25) is 5.91 Å². The zero-order valence-corrected chi connectivity index (χ0v) is 20.3. The highest BCUT2D eigenvalue weighted by molar-refractivity contribution is 5.82. The highest BCUT2D eigenvalue weighted by Gasteiger charge is 2.42. The lowest BCUT2D eigenvalue weighted by Gasteiger charge is -2.49. The number of alkyl halides is 3. The van der Waals surface area contributed by atoms with Crippen LogP contribution in [0.15, 0.2) is 72.8 Å². The van der Waals surface area contributed by atoms with Crippen LogP contribution in [0.25, 0.3) is 0 Å². The van der Waals surface area contributed by atoms with Crippen molar-refractivity contribution in [3.8, 4) is 0 Å². The Bertz CT molecular complexity index is 1230. The number of fused-ring (bicyclic) bond motifs is 3. The summed E-state index contributed by atoms with van der Waals surface area (Å²) < 4.78 is 53.6. The first-order chi connectivity index (χ1) is 17.8. The van der Waals surface area contributed by atoms with E-state index in [2.05, 4.69) is 15.1 Å².